The van der Waals surface area contributed by atoms with Crippen LogP contribution < -0.4 is 15.5 Å². The number of hydrogen-bond acceptors (Lipinski definition) is 5. The van der Waals surface area contributed by atoms with Crippen molar-refractivity contribution in [3.63, 3.8) is 0 Å². The molecule has 1 saturated carbocycles. The fraction of sp³-hybridized carbons (Fsp3) is 0.179. The molecule has 3 aromatic carbocycles. The molecule has 2 atom stereocenters. The number of aromatic nitrogens is 1. The van der Waals surface area contributed by atoms with Gasteiger partial charge in [0, 0.05) is 22.3 Å². The largest absolute Gasteiger partial charge is 0.489 e. The van der Waals surface area contributed by atoms with Gasteiger partial charge in [-0.25, -0.2) is 5.48 Å². The number of para-hydroxylation sites is 2. The van der Waals surface area contributed by atoms with Gasteiger partial charge in [-0.2, -0.15) is 0 Å². The zero-order valence-corrected chi connectivity index (χ0v) is 19.2. The van der Waals surface area contributed by atoms with E-state index in [0.717, 1.165) is 22.2 Å². The Bertz CT molecular complexity index is 1410. The molecule has 0 aliphatic heterocycles. The first kappa shape index (κ1) is 22.6. The smallest absolute Gasteiger partial charge is 0.247 e. The lowest BCUT2D eigenvalue weighted by atomic mass is 9.91. The molecule has 7 nitrogen and oxygen atoms in total. The predicted octanol–water partition coefficient (Wildman–Crippen LogP) is 4.52. The number of carbonyl (C=O) groups excluding carboxylic acids is 2. The van der Waals surface area contributed by atoms with Gasteiger partial charge in [0.05, 0.1) is 16.8 Å². The number of nitrogens with zero attached hydrogens (tertiary/aromatic N) is 1. The van der Waals surface area contributed by atoms with E-state index < -0.39 is 17.2 Å². The van der Waals surface area contributed by atoms with E-state index in [0.29, 0.717) is 23.6 Å². The summed E-state index contributed by atoms with van der Waals surface area (Å²) < 4.78 is 6.13. The molecule has 2 amide bonds. The Kier molecular flexibility index (Phi) is 5.93. The van der Waals surface area contributed by atoms with Crippen LogP contribution in [0.3, 0.4) is 0 Å². The van der Waals surface area contributed by atoms with Crippen molar-refractivity contribution in [2.24, 2.45) is 5.92 Å². The predicted molar refractivity (Wildman–Crippen MR) is 132 cm³/mol. The molecule has 0 bridgehead atoms. The van der Waals surface area contributed by atoms with E-state index in [1.54, 1.807) is 23.7 Å². The van der Waals surface area contributed by atoms with Crippen molar-refractivity contribution in [2.45, 2.75) is 25.4 Å². The van der Waals surface area contributed by atoms with E-state index in [1.165, 1.54) is 0 Å². The van der Waals surface area contributed by atoms with Gasteiger partial charge in [0.15, 0.2) is 0 Å². The van der Waals surface area contributed by atoms with Crippen LogP contribution in [0.5, 0.6) is 5.75 Å². The maximum atomic E-state index is 13.4. The van der Waals surface area contributed by atoms with E-state index in [-0.39, 0.29) is 12.3 Å². The molecule has 7 heteroatoms. The third-order valence-corrected chi connectivity index (χ3v) is 6.50. The van der Waals surface area contributed by atoms with Gasteiger partial charge in [0.25, 0.3) is 0 Å². The van der Waals surface area contributed by atoms with Crippen LogP contribution in [0.4, 0.5) is 5.69 Å². The maximum Gasteiger partial charge on any atom is 0.247 e. The first-order valence-electron chi connectivity index (χ1n) is 11.4. The highest BCUT2D eigenvalue weighted by Crippen LogP contribution is 2.55. The lowest BCUT2D eigenvalue weighted by Gasteiger charge is -2.19. The molecule has 0 spiro atoms. The molecule has 1 aromatic heterocycles. The summed E-state index contributed by atoms with van der Waals surface area (Å²) in [7, 11) is 0. The number of aryl methyl sites for hydroxylation is 1. The second kappa shape index (κ2) is 9.19. The number of pyridine rings is 1. The number of carbonyl (C=O) groups is 2. The monoisotopic (exact) mass is 467 g/mol. The topological polar surface area (TPSA) is 101 Å². The van der Waals surface area contributed by atoms with Crippen molar-refractivity contribution in [2.75, 3.05) is 5.32 Å². The number of benzene rings is 3. The molecule has 0 saturated heterocycles. The maximum absolute atomic E-state index is 13.4. The SMILES string of the molecule is Cc1cc(COc2cccc([C@@]3(C(=O)Nc4ccccc4)C[C@H]3C(=O)NO)c2)c2ccccc2n1. The van der Waals surface area contributed by atoms with Crippen LogP contribution in [-0.2, 0) is 21.6 Å². The second-order valence-electron chi connectivity index (χ2n) is 8.78. The minimum Gasteiger partial charge on any atom is -0.489 e. The van der Waals surface area contributed by atoms with E-state index >= 15 is 0 Å². The molecule has 4 aromatic rings. The number of fused-ring (bicyclic) bond motifs is 1. The van der Waals surface area contributed by atoms with Crippen LogP contribution in [0, 0.1) is 12.8 Å². The van der Waals surface area contributed by atoms with E-state index in [1.807, 2.05) is 73.7 Å². The van der Waals surface area contributed by atoms with Crippen molar-refractivity contribution in [3.8, 4) is 5.75 Å². The minimum atomic E-state index is -1.10. The van der Waals surface area contributed by atoms with Crippen LogP contribution in [0.2, 0.25) is 0 Å². The third-order valence-electron chi connectivity index (χ3n) is 6.50. The van der Waals surface area contributed by atoms with Crippen LogP contribution >= 0.6 is 0 Å². The normalized spacial score (nSPS) is 18.6. The van der Waals surface area contributed by atoms with Crippen LogP contribution in [0.15, 0.2) is 84.9 Å². The molecular formula is C28H25N3O4. The summed E-state index contributed by atoms with van der Waals surface area (Å²) in [6, 6.07) is 26.3. The summed E-state index contributed by atoms with van der Waals surface area (Å²) in [6.07, 6.45) is 0.287. The van der Waals surface area contributed by atoms with Gasteiger partial charge >= 0.3 is 0 Å². The zero-order valence-electron chi connectivity index (χ0n) is 19.2. The van der Waals surface area contributed by atoms with Crippen molar-refractivity contribution in [1.29, 1.82) is 0 Å². The minimum absolute atomic E-state index is 0.287. The van der Waals surface area contributed by atoms with Gasteiger partial charge < -0.3 is 10.1 Å². The Labute approximate surface area is 202 Å². The summed E-state index contributed by atoms with van der Waals surface area (Å²) in [5, 5.41) is 13.1. The average Bonchev–Trinajstić information content (AvgIpc) is 3.65. The molecule has 1 heterocycles. The fourth-order valence-electron chi connectivity index (χ4n) is 4.66. The Morgan fingerprint density at radius 3 is 2.60 bits per heavy atom. The third kappa shape index (κ3) is 4.34. The molecular weight excluding hydrogens is 442 g/mol. The molecule has 1 fully saturated rings. The molecule has 3 N–H and O–H groups in total. The van der Waals surface area contributed by atoms with Crippen molar-refractivity contribution < 1.29 is 19.5 Å². The fourth-order valence-corrected chi connectivity index (χ4v) is 4.66. The number of ether oxygens (including phenoxy) is 1. The Balaban J connectivity index is 1.42. The Morgan fingerprint density at radius 2 is 1.80 bits per heavy atom. The number of amides is 2. The average molecular weight is 468 g/mol. The first-order chi connectivity index (χ1) is 17.0. The summed E-state index contributed by atoms with van der Waals surface area (Å²) in [4.78, 5) is 30.3. The first-order valence-corrected chi connectivity index (χ1v) is 11.4. The zero-order chi connectivity index (χ0) is 24.4. The number of hydrogen-bond donors (Lipinski definition) is 3. The van der Waals surface area contributed by atoms with Gasteiger partial charge in [0.1, 0.15) is 12.4 Å². The highest BCUT2D eigenvalue weighted by atomic mass is 16.5. The molecule has 35 heavy (non-hydrogen) atoms. The van der Waals surface area contributed by atoms with E-state index in [2.05, 4.69) is 10.3 Å². The van der Waals surface area contributed by atoms with Gasteiger partial charge in [-0.1, -0.05) is 48.5 Å². The summed E-state index contributed by atoms with van der Waals surface area (Å²) >= 11 is 0. The summed E-state index contributed by atoms with van der Waals surface area (Å²) in [5.41, 5.74) is 4.73. The number of anilines is 1. The molecule has 0 radical (unpaired) electrons. The molecule has 1 aliphatic carbocycles. The Morgan fingerprint density at radius 1 is 1.03 bits per heavy atom. The van der Waals surface area contributed by atoms with Crippen LogP contribution in [-0.4, -0.2) is 22.0 Å². The van der Waals surface area contributed by atoms with Gasteiger partial charge in [-0.15, -0.1) is 0 Å². The van der Waals surface area contributed by atoms with Crippen molar-refractivity contribution in [3.05, 3.63) is 102 Å². The number of rotatable bonds is 7. The quantitative estimate of drug-likeness (QED) is 0.274. The lowest BCUT2D eigenvalue weighted by molar-refractivity contribution is -0.132. The molecule has 1 aliphatic rings. The second-order valence-corrected chi connectivity index (χ2v) is 8.78. The highest BCUT2D eigenvalue weighted by Gasteiger charge is 2.64. The van der Waals surface area contributed by atoms with Gasteiger partial charge in [-0.3, -0.25) is 19.8 Å². The molecule has 0 unspecified atom stereocenters. The van der Waals surface area contributed by atoms with Gasteiger partial charge in [-0.05, 0) is 55.3 Å². The van der Waals surface area contributed by atoms with Crippen molar-refractivity contribution in [1.82, 2.24) is 10.5 Å². The summed E-state index contributed by atoms with van der Waals surface area (Å²) in [6.45, 7) is 2.28. The van der Waals surface area contributed by atoms with E-state index in [4.69, 9.17) is 4.74 Å². The number of hydroxylamine groups is 1. The van der Waals surface area contributed by atoms with Crippen LogP contribution in [0.25, 0.3) is 10.9 Å². The Hall–Kier alpha value is -4.23. The summed E-state index contributed by atoms with van der Waals surface area (Å²) in [5.74, 6) is -0.982. The van der Waals surface area contributed by atoms with Gasteiger partial charge in [0.2, 0.25) is 11.8 Å². The number of nitrogens with one attached hydrogen (secondary N) is 2. The van der Waals surface area contributed by atoms with Crippen molar-refractivity contribution >= 4 is 28.4 Å². The highest BCUT2D eigenvalue weighted by molar-refractivity contribution is 6.07. The lowest BCUT2D eigenvalue weighted by Crippen LogP contribution is -2.34. The molecule has 5 rings (SSSR count). The molecule has 176 valence electrons. The van der Waals surface area contributed by atoms with E-state index in [9.17, 15) is 14.8 Å². The standard InChI is InChI=1S/C28H25N3O4/c1-18-14-19(23-12-5-6-13-25(23)29-18)17-35-22-11-7-8-20(15-22)28(16-24(28)26(32)31-34)27(33)30-21-9-3-2-4-10-21/h2-15,24,34H,16-17H2,1H3,(H,30,33)(H,31,32)/t24-,28-/m0/s1. The van der Waals surface area contributed by atoms with Crippen LogP contribution in [0.1, 0.15) is 23.2 Å².